The number of fused-ring (bicyclic) bond motifs is 1. The lowest BCUT2D eigenvalue weighted by atomic mass is 10.0. The number of anilines is 2. The molecule has 0 fully saturated rings. The molecule has 1 aliphatic heterocycles. The van der Waals surface area contributed by atoms with Crippen LogP contribution >= 0.6 is 23.2 Å². The van der Waals surface area contributed by atoms with Gasteiger partial charge in [0, 0.05) is 17.8 Å². The maximum atomic E-state index is 12.7. The Morgan fingerprint density at radius 1 is 1.19 bits per heavy atom. The van der Waals surface area contributed by atoms with Gasteiger partial charge in [0.2, 0.25) is 0 Å². The van der Waals surface area contributed by atoms with Gasteiger partial charge in [-0.25, -0.2) is 0 Å². The largest absolute Gasteiger partial charge is 0.397 e. The highest BCUT2D eigenvalue weighted by molar-refractivity contribution is 6.44. The van der Waals surface area contributed by atoms with E-state index in [4.69, 9.17) is 28.9 Å². The number of nitrogen functional groups attached to an aromatic ring is 1. The number of para-hydroxylation sites is 1. The molecule has 5 heteroatoms. The third kappa shape index (κ3) is 2.59. The van der Waals surface area contributed by atoms with Gasteiger partial charge in [-0.3, -0.25) is 4.79 Å². The van der Waals surface area contributed by atoms with Crippen molar-refractivity contribution in [1.29, 1.82) is 0 Å². The molecule has 21 heavy (non-hydrogen) atoms. The summed E-state index contributed by atoms with van der Waals surface area (Å²) in [5.74, 6) is -0.104. The molecule has 0 saturated carbocycles. The number of rotatable bonds is 1. The smallest absolute Gasteiger partial charge is 0.258 e. The molecule has 0 unspecified atom stereocenters. The van der Waals surface area contributed by atoms with E-state index in [0.717, 1.165) is 18.5 Å². The second-order valence-electron chi connectivity index (χ2n) is 5.05. The highest BCUT2D eigenvalue weighted by Crippen LogP contribution is 2.32. The van der Waals surface area contributed by atoms with Crippen LogP contribution in [0.3, 0.4) is 0 Å². The minimum Gasteiger partial charge on any atom is -0.397 e. The summed E-state index contributed by atoms with van der Waals surface area (Å²) in [5.41, 5.74) is 8.71. The van der Waals surface area contributed by atoms with Gasteiger partial charge in [0.05, 0.1) is 15.7 Å². The van der Waals surface area contributed by atoms with Crippen LogP contribution in [0.2, 0.25) is 10.0 Å². The number of carbonyl (C=O) groups excluding carboxylic acids is 1. The average molecular weight is 321 g/mol. The number of aryl methyl sites for hydroxylation is 1. The highest BCUT2D eigenvalue weighted by Gasteiger charge is 2.24. The van der Waals surface area contributed by atoms with Gasteiger partial charge >= 0.3 is 0 Å². The van der Waals surface area contributed by atoms with Gasteiger partial charge in [0.15, 0.2) is 0 Å². The number of halogens is 2. The fraction of sp³-hybridized carbons (Fsp3) is 0.188. The molecule has 2 aromatic rings. The molecule has 0 aliphatic carbocycles. The predicted octanol–water partition coefficient (Wildman–Crippen LogP) is 4.17. The number of hydrogen-bond acceptors (Lipinski definition) is 2. The number of nitrogens with two attached hydrogens (primary N) is 1. The van der Waals surface area contributed by atoms with Crippen LogP contribution in [-0.4, -0.2) is 12.5 Å². The van der Waals surface area contributed by atoms with E-state index in [-0.39, 0.29) is 10.9 Å². The Bertz CT molecular complexity index is 692. The van der Waals surface area contributed by atoms with Gasteiger partial charge in [0.1, 0.15) is 0 Å². The zero-order valence-corrected chi connectivity index (χ0v) is 12.8. The van der Waals surface area contributed by atoms with E-state index in [9.17, 15) is 4.79 Å². The second-order valence-corrected chi connectivity index (χ2v) is 5.84. The highest BCUT2D eigenvalue weighted by atomic mass is 35.5. The fourth-order valence-electron chi connectivity index (χ4n) is 2.63. The number of nitrogens with zero attached hydrogens (tertiary/aromatic N) is 1. The minimum atomic E-state index is -0.104. The van der Waals surface area contributed by atoms with E-state index in [1.54, 1.807) is 17.0 Å². The second kappa shape index (κ2) is 5.58. The number of carbonyl (C=O) groups is 1. The summed E-state index contributed by atoms with van der Waals surface area (Å²) < 4.78 is 0. The van der Waals surface area contributed by atoms with Crippen LogP contribution in [-0.2, 0) is 6.42 Å². The summed E-state index contributed by atoms with van der Waals surface area (Å²) in [6.45, 7) is 0.690. The van der Waals surface area contributed by atoms with Gasteiger partial charge in [0.25, 0.3) is 5.91 Å². The lowest BCUT2D eigenvalue weighted by molar-refractivity contribution is 0.0985. The first-order chi connectivity index (χ1) is 10.1. The van der Waals surface area contributed by atoms with Crippen LogP contribution in [0.1, 0.15) is 22.3 Å². The lowest BCUT2D eigenvalue weighted by Gasteiger charge is -2.29. The molecule has 1 aliphatic rings. The van der Waals surface area contributed by atoms with Crippen LogP contribution in [0.25, 0.3) is 0 Å². The maximum absolute atomic E-state index is 12.7. The maximum Gasteiger partial charge on any atom is 0.258 e. The van der Waals surface area contributed by atoms with E-state index in [1.165, 1.54) is 5.56 Å². The molecular weight excluding hydrogens is 307 g/mol. The Kier molecular flexibility index (Phi) is 3.79. The van der Waals surface area contributed by atoms with Gasteiger partial charge in [-0.15, -0.1) is 0 Å². The first-order valence-electron chi connectivity index (χ1n) is 6.72. The van der Waals surface area contributed by atoms with Gasteiger partial charge in [-0.2, -0.15) is 0 Å². The molecule has 0 atom stereocenters. The van der Waals surface area contributed by atoms with Crippen molar-refractivity contribution in [2.45, 2.75) is 12.8 Å². The van der Waals surface area contributed by atoms with Crippen molar-refractivity contribution in [3.63, 3.8) is 0 Å². The van der Waals surface area contributed by atoms with Crippen molar-refractivity contribution < 1.29 is 4.79 Å². The van der Waals surface area contributed by atoms with Gasteiger partial charge < -0.3 is 10.6 Å². The molecule has 0 radical (unpaired) electrons. The minimum absolute atomic E-state index is 0.104. The molecule has 1 heterocycles. The molecule has 1 amide bonds. The number of hydrogen-bond donors (Lipinski definition) is 1. The zero-order chi connectivity index (χ0) is 15.0. The molecule has 2 N–H and O–H groups in total. The first kappa shape index (κ1) is 14.2. The first-order valence-corrected chi connectivity index (χ1v) is 7.48. The van der Waals surface area contributed by atoms with Crippen LogP contribution in [0, 0.1) is 0 Å². The quantitative estimate of drug-likeness (QED) is 0.801. The molecule has 108 valence electrons. The summed E-state index contributed by atoms with van der Waals surface area (Å²) in [6, 6.07) is 11.1. The predicted molar refractivity (Wildman–Crippen MR) is 87.3 cm³/mol. The van der Waals surface area contributed by atoms with Crippen molar-refractivity contribution in [1.82, 2.24) is 0 Å². The van der Waals surface area contributed by atoms with Gasteiger partial charge in [-0.05, 0) is 36.6 Å². The van der Waals surface area contributed by atoms with Crippen molar-refractivity contribution in [2.24, 2.45) is 0 Å². The molecule has 3 nitrogen and oxygen atoms in total. The Hall–Kier alpha value is -1.71. The van der Waals surface area contributed by atoms with E-state index >= 15 is 0 Å². The Balaban J connectivity index is 2.00. The summed E-state index contributed by atoms with van der Waals surface area (Å²) >= 11 is 12.0. The summed E-state index contributed by atoms with van der Waals surface area (Å²) in [4.78, 5) is 14.5. The van der Waals surface area contributed by atoms with Crippen LogP contribution in [0.5, 0.6) is 0 Å². The van der Waals surface area contributed by atoms with E-state index < -0.39 is 0 Å². The number of benzene rings is 2. The van der Waals surface area contributed by atoms with Crippen molar-refractivity contribution in [3.05, 3.63) is 57.6 Å². The third-order valence-electron chi connectivity index (χ3n) is 3.66. The Morgan fingerprint density at radius 2 is 1.95 bits per heavy atom. The van der Waals surface area contributed by atoms with Crippen molar-refractivity contribution in [2.75, 3.05) is 17.2 Å². The van der Waals surface area contributed by atoms with Crippen LogP contribution < -0.4 is 10.6 Å². The van der Waals surface area contributed by atoms with Crippen LogP contribution in [0.15, 0.2) is 36.4 Å². The third-order valence-corrected chi connectivity index (χ3v) is 4.48. The summed E-state index contributed by atoms with van der Waals surface area (Å²) in [6.07, 6.45) is 1.93. The van der Waals surface area contributed by atoms with Crippen molar-refractivity contribution in [3.8, 4) is 0 Å². The summed E-state index contributed by atoms with van der Waals surface area (Å²) in [5, 5.41) is 0.581. The zero-order valence-electron chi connectivity index (χ0n) is 11.3. The molecule has 2 aromatic carbocycles. The van der Waals surface area contributed by atoms with Gasteiger partial charge in [-0.1, -0.05) is 41.4 Å². The number of amides is 1. The van der Waals surface area contributed by atoms with Crippen LogP contribution in [0.4, 0.5) is 11.4 Å². The molecule has 3 rings (SSSR count). The molecule has 0 aromatic heterocycles. The lowest BCUT2D eigenvalue weighted by Crippen LogP contribution is -2.35. The monoisotopic (exact) mass is 320 g/mol. The molecule has 0 spiro atoms. The van der Waals surface area contributed by atoms with E-state index in [2.05, 4.69) is 6.07 Å². The Labute approximate surface area is 133 Å². The average Bonchev–Trinajstić information content (AvgIpc) is 2.51. The molecular formula is C16H14Cl2N2O. The van der Waals surface area contributed by atoms with Crippen molar-refractivity contribution >= 4 is 40.5 Å². The normalized spacial score (nSPS) is 13.9. The SMILES string of the molecule is Nc1cc(C(=O)N2CCCc3ccccc32)cc(Cl)c1Cl. The fourth-order valence-corrected chi connectivity index (χ4v) is 2.97. The molecule has 0 bridgehead atoms. The molecule has 0 saturated heterocycles. The van der Waals surface area contributed by atoms with E-state index in [1.807, 2.05) is 18.2 Å². The Morgan fingerprint density at radius 3 is 2.71 bits per heavy atom. The van der Waals surface area contributed by atoms with E-state index in [0.29, 0.717) is 22.8 Å². The topological polar surface area (TPSA) is 46.3 Å². The summed E-state index contributed by atoms with van der Waals surface area (Å²) in [7, 11) is 0. The standard InChI is InChI=1S/C16H14Cl2N2O/c17-12-8-11(9-13(19)15(12)18)16(21)20-7-3-5-10-4-1-2-6-14(10)20/h1-2,4,6,8-9H,3,5,7,19H2.